The lowest BCUT2D eigenvalue weighted by Gasteiger charge is -2.30. The van der Waals surface area contributed by atoms with Crippen LogP contribution in [0, 0.1) is 0 Å². The fourth-order valence-electron chi connectivity index (χ4n) is 2.12. The number of hydrogen-bond acceptors (Lipinski definition) is 3. The van der Waals surface area contributed by atoms with Gasteiger partial charge >= 0.3 is 0 Å². The quantitative estimate of drug-likeness (QED) is 0.612. The van der Waals surface area contributed by atoms with Crippen LogP contribution in [0.4, 0.5) is 0 Å². The van der Waals surface area contributed by atoms with Crippen LogP contribution in [-0.4, -0.2) is 55.6 Å². The van der Waals surface area contributed by atoms with Crippen LogP contribution in [0.2, 0.25) is 0 Å². The van der Waals surface area contributed by atoms with Crippen molar-refractivity contribution in [2.75, 3.05) is 33.7 Å². The Morgan fingerprint density at radius 3 is 2.19 bits per heavy atom. The molecular weight excluding hydrogens is 198 g/mol. The molecule has 3 heteroatoms. The van der Waals surface area contributed by atoms with Gasteiger partial charge in [-0.2, -0.15) is 0 Å². The van der Waals surface area contributed by atoms with E-state index in [0.717, 1.165) is 19.5 Å². The number of nitrogens with zero attached hydrogens (tertiary/aromatic N) is 2. The van der Waals surface area contributed by atoms with Gasteiger partial charge in [0, 0.05) is 18.6 Å². The number of rotatable bonds is 9. The summed E-state index contributed by atoms with van der Waals surface area (Å²) in [4.78, 5) is 4.82. The molecular formula is C13H31N3. The fourth-order valence-corrected chi connectivity index (χ4v) is 2.12. The van der Waals surface area contributed by atoms with Crippen LogP contribution in [-0.2, 0) is 0 Å². The molecule has 0 aromatic carbocycles. The molecule has 0 bridgehead atoms. The fraction of sp³-hybridized carbons (Fsp3) is 1.00. The number of unbranched alkanes of at least 4 members (excludes halogenated alkanes) is 1. The molecule has 0 aliphatic rings. The summed E-state index contributed by atoms with van der Waals surface area (Å²) >= 11 is 0. The molecule has 0 aliphatic carbocycles. The van der Waals surface area contributed by atoms with E-state index in [-0.39, 0.29) is 0 Å². The van der Waals surface area contributed by atoms with Crippen LogP contribution >= 0.6 is 0 Å². The lowest BCUT2D eigenvalue weighted by Crippen LogP contribution is -2.40. The minimum Gasteiger partial charge on any atom is -0.328 e. The monoisotopic (exact) mass is 229 g/mol. The Balaban J connectivity index is 3.73. The third-order valence-corrected chi connectivity index (χ3v) is 3.01. The third kappa shape index (κ3) is 8.08. The van der Waals surface area contributed by atoms with Crippen molar-refractivity contribution in [2.24, 2.45) is 5.73 Å². The van der Waals surface area contributed by atoms with Gasteiger partial charge in [0.15, 0.2) is 0 Å². The highest BCUT2D eigenvalue weighted by molar-refractivity contribution is 4.68. The SMILES string of the molecule is CCN(CCCCC(C)N)C(C)CN(C)C. The summed E-state index contributed by atoms with van der Waals surface area (Å²) in [6.45, 7) is 10.1. The van der Waals surface area contributed by atoms with Gasteiger partial charge in [0.1, 0.15) is 0 Å². The van der Waals surface area contributed by atoms with E-state index >= 15 is 0 Å². The van der Waals surface area contributed by atoms with Gasteiger partial charge in [-0.3, -0.25) is 4.90 Å². The molecule has 0 saturated heterocycles. The zero-order valence-electron chi connectivity index (χ0n) is 11.9. The molecule has 0 radical (unpaired) electrons. The first kappa shape index (κ1) is 15.9. The Kier molecular flexibility index (Phi) is 8.90. The summed E-state index contributed by atoms with van der Waals surface area (Å²) in [7, 11) is 4.28. The zero-order valence-corrected chi connectivity index (χ0v) is 11.9. The molecule has 98 valence electrons. The minimum atomic E-state index is 0.356. The van der Waals surface area contributed by atoms with E-state index in [9.17, 15) is 0 Å². The highest BCUT2D eigenvalue weighted by Crippen LogP contribution is 2.05. The van der Waals surface area contributed by atoms with Crippen LogP contribution in [0.3, 0.4) is 0 Å². The highest BCUT2D eigenvalue weighted by atomic mass is 15.2. The Bertz CT molecular complexity index is 157. The number of hydrogen-bond donors (Lipinski definition) is 1. The van der Waals surface area contributed by atoms with Crippen molar-refractivity contribution >= 4 is 0 Å². The first-order chi connectivity index (χ1) is 7.47. The summed E-state index contributed by atoms with van der Waals surface area (Å²) in [6.07, 6.45) is 3.68. The number of nitrogens with two attached hydrogens (primary N) is 1. The molecule has 16 heavy (non-hydrogen) atoms. The van der Waals surface area contributed by atoms with E-state index < -0.39 is 0 Å². The molecule has 2 N–H and O–H groups in total. The average Bonchev–Trinajstić information content (AvgIpc) is 2.16. The Morgan fingerprint density at radius 1 is 1.12 bits per heavy atom. The standard InChI is InChI=1S/C13H31N3/c1-6-16(13(3)11-15(4)5)10-8-7-9-12(2)14/h12-13H,6-11,14H2,1-5H3. The van der Waals surface area contributed by atoms with Crippen molar-refractivity contribution in [3.63, 3.8) is 0 Å². The van der Waals surface area contributed by atoms with Crippen LogP contribution in [0.25, 0.3) is 0 Å². The van der Waals surface area contributed by atoms with E-state index in [2.05, 4.69) is 44.7 Å². The maximum Gasteiger partial charge on any atom is 0.0194 e. The second-order valence-electron chi connectivity index (χ2n) is 5.21. The highest BCUT2D eigenvalue weighted by Gasteiger charge is 2.12. The second-order valence-corrected chi connectivity index (χ2v) is 5.21. The summed E-state index contributed by atoms with van der Waals surface area (Å²) in [5.74, 6) is 0. The first-order valence-corrected chi connectivity index (χ1v) is 6.61. The maximum atomic E-state index is 5.75. The molecule has 2 atom stereocenters. The Morgan fingerprint density at radius 2 is 1.75 bits per heavy atom. The van der Waals surface area contributed by atoms with Gasteiger partial charge in [-0.05, 0) is 53.9 Å². The molecule has 0 heterocycles. The molecule has 2 unspecified atom stereocenters. The van der Waals surface area contributed by atoms with Crippen molar-refractivity contribution < 1.29 is 0 Å². The zero-order chi connectivity index (χ0) is 12.6. The Hall–Kier alpha value is -0.120. The molecule has 0 rings (SSSR count). The van der Waals surface area contributed by atoms with E-state index in [4.69, 9.17) is 5.73 Å². The molecule has 0 amide bonds. The molecule has 0 saturated carbocycles. The van der Waals surface area contributed by atoms with Gasteiger partial charge in [0.25, 0.3) is 0 Å². The number of likely N-dealkylation sites (N-methyl/N-ethyl adjacent to an activating group) is 2. The summed E-state index contributed by atoms with van der Waals surface area (Å²) in [5.41, 5.74) is 5.75. The van der Waals surface area contributed by atoms with Gasteiger partial charge in [-0.25, -0.2) is 0 Å². The van der Waals surface area contributed by atoms with Gasteiger partial charge in [-0.15, -0.1) is 0 Å². The molecule has 0 fully saturated rings. The van der Waals surface area contributed by atoms with Crippen LogP contribution in [0.5, 0.6) is 0 Å². The van der Waals surface area contributed by atoms with E-state index in [0.29, 0.717) is 12.1 Å². The lowest BCUT2D eigenvalue weighted by molar-refractivity contribution is 0.178. The molecule has 3 nitrogen and oxygen atoms in total. The van der Waals surface area contributed by atoms with Crippen molar-refractivity contribution in [2.45, 2.75) is 52.1 Å². The molecule has 0 aromatic heterocycles. The van der Waals surface area contributed by atoms with Gasteiger partial charge in [0.05, 0.1) is 0 Å². The molecule has 0 aromatic rings. The van der Waals surface area contributed by atoms with Gasteiger partial charge in [-0.1, -0.05) is 13.3 Å². The topological polar surface area (TPSA) is 32.5 Å². The van der Waals surface area contributed by atoms with Crippen molar-refractivity contribution in [1.29, 1.82) is 0 Å². The largest absolute Gasteiger partial charge is 0.328 e. The smallest absolute Gasteiger partial charge is 0.0194 e. The predicted octanol–water partition coefficient (Wildman–Crippen LogP) is 1.78. The van der Waals surface area contributed by atoms with E-state index in [1.54, 1.807) is 0 Å². The third-order valence-electron chi connectivity index (χ3n) is 3.01. The summed E-state index contributed by atoms with van der Waals surface area (Å²) in [5, 5.41) is 0. The predicted molar refractivity (Wildman–Crippen MR) is 72.8 cm³/mol. The van der Waals surface area contributed by atoms with Crippen LogP contribution in [0.1, 0.15) is 40.0 Å². The van der Waals surface area contributed by atoms with Crippen molar-refractivity contribution in [3.05, 3.63) is 0 Å². The van der Waals surface area contributed by atoms with Crippen molar-refractivity contribution in [1.82, 2.24) is 9.80 Å². The van der Waals surface area contributed by atoms with Crippen molar-refractivity contribution in [3.8, 4) is 0 Å². The molecule has 0 aliphatic heterocycles. The second kappa shape index (κ2) is 8.97. The van der Waals surface area contributed by atoms with Gasteiger partial charge in [0.2, 0.25) is 0 Å². The lowest BCUT2D eigenvalue weighted by atomic mass is 10.1. The minimum absolute atomic E-state index is 0.356. The summed E-state index contributed by atoms with van der Waals surface area (Å²) in [6, 6.07) is 1.00. The molecule has 0 spiro atoms. The Labute approximate surface area is 102 Å². The van der Waals surface area contributed by atoms with Crippen LogP contribution in [0.15, 0.2) is 0 Å². The average molecular weight is 229 g/mol. The van der Waals surface area contributed by atoms with E-state index in [1.165, 1.54) is 19.4 Å². The van der Waals surface area contributed by atoms with E-state index in [1.807, 2.05) is 0 Å². The normalized spacial score (nSPS) is 15.8. The van der Waals surface area contributed by atoms with Crippen LogP contribution < -0.4 is 5.73 Å². The van der Waals surface area contributed by atoms with Gasteiger partial charge < -0.3 is 10.6 Å². The maximum absolute atomic E-state index is 5.75. The first-order valence-electron chi connectivity index (χ1n) is 6.61. The summed E-state index contributed by atoms with van der Waals surface area (Å²) < 4.78 is 0.